The van der Waals surface area contributed by atoms with E-state index in [1.54, 1.807) is 0 Å². The number of phenols is 1. The number of carbonyl (C=O) groups is 1. The number of hydrogen-bond acceptors (Lipinski definition) is 3. The zero-order valence-electron chi connectivity index (χ0n) is 13.9. The minimum Gasteiger partial charge on any atom is -0.508 e. The molecule has 0 aliphatic rings. The summed E-state index contributed by atoms with van der Waals surface area (Å²) in [7, 11) is 0. The Bertz CT molecular complexity index is 842. The molecule has 0 aliphatic heterocycles. The Kier molecular flexibility index (Phi) is 5.94. The van der Waals surface area contributed by atoms with Crippen LogP contribution >= 0.6 is 0 Å². The van der Waals surface area contributed by atoms with E-state index in [-0.39, 0.29) is 16.9 Å². The fourth-order valence-electron chi connectivity index (χ4n) is 2.55. The van der Waals surface area contributed by atoms with Crippen LogP contribution in [0.4, 0.5) is 14.5 Å². The quantitative estimate of drug-likeness (QED) is 0.662. The lowest BCUT2D eigenvalue weighted by atomic mass is 10.0. The standard InChI is InChI=1S/C17H17F2NO5S/c1-9(2)16(17(22)23)20(26(24)25)15-8-13(18)12(7-14(15)19)10-3-5-11(21)6-4-10/h3-9,16,21H,1-2H3,(H,22,23)(H,24,25). The van der Waals surface area contributed by atoms with Gasteiger partial charge in [-0.25, -0.2) is 17.8 Å². The number of nitrogens with zero attached hydrogens (tertiary/aromatic N) is 1. The zero-order valence-corrected chi connectivity index (χ0v) is 14.7. The lowest BCUT2D eigenvalue weighted by molar-refractivity contribution is -0.139. The van der Waals surface area contributed by atoms with Gasteiger partial charge in [0.1, 0.15) is 23.4 Å². The van der Waals surface area contributed by atoms with Crippen LogP contribution in [0.3, 0.4) is 0 Å². The molecule has 0 spiro atoms. The summed E-state index contributed by atoms with van der Waals surface area (Å²) >= 11 is -2.89. The van der Waals surface area contributed by atoms with Crippen LogP contribution in [0.2, 0.25) is 0 Å². The number of anilines is 1. The van der Waals surface area contributed by atoms with Crippen molar-refractivity contribution in [1.82, 2.24) is 0 Å². The number of hydrogen-bond donors (Lipinski definition) is 3. The molecule has 140 valence electrons. The lowest BCUT2D eigenvalue weighted by Crippen LogP contribution is -2.46. The molecule has 0 bridgehead atoms. The second-order valence-corrected chi connectivity index (χ2v) is 6.77. The van der Waals surface area contributed by atoms with Gasteiger partial charge >= 0.3 is 5.97 Å². The van der Waals surface area contributed by atoms with Gasteiger partial charge in [-0.3, -0.25) is 8.86 Å². The van der Waals surface area contributed by atoms with Gasteiger partial charge in [0.25, 0.3) is 11.3 Å². The van der Waals surface area contributed by atoms with E-state index >= 15 is 0 Å². The predicted molar refractivity (Wildman–Crippen MR) is 93.0 cm³/mol. The van der Waals surface area contributed by atoms with Crippen LogP contribution in [-0.4, -0.2) is 31.0 Å². The maximum atomic E-state index is 14.6. The molecule has 3 N–H and O–H groups in total. The number of aromatic hydroxyl groups is 1. The molecule has 2 atom stereocenters. The summed E-state index contributed by atoms with van der Waals surface area (Å²) in [6.45, 7) is 2.97. The van der Waals surface area contributed by atoms with Crippen LogP contribution in [0, 0.1) is 17.6 Å². The van der Waals surface area contributed by atoms with E-state index in [1.807, 2.05) is 0 Å². The van der Waals surface area contributed by atoms with Crippen molar-refractivity contribution >= 4 is 22.9 Å². The van der Waals surface area contributed by atoms with Crippen LogP contribution in [0.15, 0.2) is 36.4 Å². The predicted octanol–water partition coefficient (Wildman–Crippen LogP) is 3.39. The lowest BCUT2D eigenvalue weighted by Gasteiger charge is -2.29. The molecule has 0 heterocycles. The van der Waals surface area contributed by atoms with Gasteiger partial charge in [0.05, 0.1) is 5.69 Å². The minimum atomic E-state index is -2.89. The van der Waals surface area contributed by atoms with Crippen LogP contribution in [-0.2, 0) is 16.1 Å². The number of phenolic OH excluding ortho intramolecular Hbond substituents is 1. The van der Waals surface area contributed by atoms with Gasteiger partial charge in [-0.2, -0.15) is 0 Å². The SMILES string of the molecule is CC(C)C(C(=O)O)N(c1cc(F)c(-c2ccc(O)cc2)cc1F)S(=O)O. The monoisotopic (exact) mass is 385 g/mol. The Balaban J connectivity index is 2.58. The number of benzene rings is 2. The summed E-state index contributed by atoms with van der Waals surface area (Å²) in [4.78, 5) is 11.4. The summed E-state index contributed by atoms with van der Waals surface area (Å²) in [6, 6.07) is 5.32. The Hall–Kier alpha value is -2.52. The summed E-state index contributed by atoms with van der Waals surface area (Å²) in [5.74, 6) is -4.10. The fourth-order valence-corrected chi connectivity index (χ4v) is 3.39. The van der Waals surface area contributed by atoms with Crippen molar-refractivity contribution in [2.45, 2.75) is 19.9 Å². The first-order valence-electron chi connectivity index (χ1n) is 7.55. The highest BCUT2D eigenvalue weighted by Gasteiger charge is 2.35. The largest absolute Gasteiger partial charge is 0.508 e. The highest BCUT2D eigenvalue weighted by atomic mass is 32.2. The van der Waals surface area contributed by atoms with E-state index in [2.05, 4.69) is 0 Å². The number of carboxylic acid groups (broad SMARTS) is 1. The molecule has 2 unspecified atom stereocenters. The van der Waals surface area contributed by atoms with Gasteiger partial charge in [0.15, 0.2) is 0 Å². The Morgan fingerprint density at radius 1 is 1.12 bits per heavy atom. The van der Waals surface area contributed by atoms with Crippen molar-refractivity contribution in [1.29, 1.82) is 0 Å². The molecule has 0 saturated carbocycles. The van der Waals surface area contributed by atoms with Crippen LogP contribution < -0.4 is 4.31 Å². The maximum Gasteiger partial charge on any atom is 0.327 e. The highest BCUT2D eigenvalue weighted by molar-refractivity contribution is 7.80. The topological polar surface area (TPSA) is 98.1 Å². The van der Waals surface area contributed by atoms with E-state index in [4.69, 9.17) is 0 Å². The molecule has 9 heteroatoms. The molecule has 2 aromatic carbocycles. The molecule has 0 radical (unpaired) electrons. The van der Waals surface area contributed by atoms with Crippen molar-refractivity contribution in [3.8, 4) is 16.9 Å². The highest BCUT2D eigenvalue weighted by Crippen LogP contribution is 2.33. The van der Waals surface area contributed by atoms with Gasteiger partial charge in [-0.05, 0) is 29.7 Å². The average Bonchev–Trinajstić information content (AvgIpc) is 2.54. The Labute approximate surface area is 151 Å². The zero-order chi connectivity index (χ0) is 19.6. The van der Waals surface area contributed by atoms with Gasteiger partial charge in [0, 0.05) is 11.6 Å². The van der Waals surface area contributed by atoms with Crippen molar-refractivity contribution in [2.24, 2.45) is 5.92 Å². The third kappa shape index (κ3) is 4.00. The van der Waals surface area contributed by atoms with Gasteiger partial charge in [-0.1, -0.05) is 26.0 Å². The van der Waals surface area contributed by atoms with E-state index < -0.39 is 46.5 Å². The fraction of sp³-hybridized carbons (Fsp3) is 0.235. The Morgan fingerprint density at radius 3 is 2.15 bits per heavy atom. The van der Waals surface area contributed by atoms with Gasteiger partial charge in [-0.15, -0.1) is 0 Å². The first-order valence-corrected chi connectivity index (χ1v) is 8.61. The number of halogens is 2. The molecule has 6 nitrogen and oxygen atoms in total. The molecule has 0 fully saturated rings. The summed E-state index contributed by atoms with van der Waals surface area (Å²) in [5.41, 5.74) is -0.487. The first-order chi connectivity index (χ1) is 12.1. The molecule has 26 heavy (non-hydrogen) atoms. The molecule has 0 amide bonds. The van der Waals surface area contributed by atoms with Crippen molar-refractivity contribution in [2.75, 3.05) is 4.31 Å². The molecule has 2 rings (SSSR count). The molecule has 2 aromatic rings. The van der Waals surface area contributed by atoms with Crippen molar-refractivity contribution < 1.29 is 32.6 Å². The molecular formula is C17H17F2NO5S. The first kappa shape index (κ1) is 19.8. The summed E-state index contributed by atoms with van der Waals surface area (Å²) in [6.07, 6.45) is 0. The summed E-state index contributed by atoms with van der Waals surface area (Å²) < 4.78 is 50.7. The van der Waals surface area contributed by atoms with Crippen LogP contribution in [0.5, 0.6) is 5.75 Å². The van der Waals surface area contributed by atoms with Gasteiger partial charge < -0.3 is 10.2 Å². The third-order valence-electron chi connectivity index (χ3n) is 3.76. The second-order valence-electron chi connectivity index (χ2n) is 5.91. The van der Waals surface area contributed by atoms with Crippen molar-refractivity contribution in [3.05, 3.63) is 48.0 Å². The number of aliphatic carboxylic acids is 1. The molecule has 0 aliphatic carbocycles. The van der Waals surface area contributed by atoms with E-state index in [1.165, 1.54) is 38.1 Å². The number of rotatable bonds is 6. The van der Waals surface area contributed by atoms with E-state index in [0.29, 0.717) is 10.4 Å². The smallest absolute Gasteiger partial charge is 0.327 e. The molecular weight excluding hydrogens is 368 g/mol. The Morgan fingerprint density at radius 2 is 1.69 bits per heavy atom. The van der Waals surface area contributed by atoms with E-state index in [9.17, 15) is 32.6 Å². The molecule has 0 aromatic heterocycles. The van der Waals surface area contributed by atoms with Crippen molar-refractivity contribution in [3.63, 3.8) is 0 Å². The second kappa shape index (κ2) is 7.79. The minimum absolute atomic E-state index is 0.0469. The average molecular weight is 385 g/mol. The van der Waals surface area contributed by atoms with E-state index in [0.717, 1.165) is 6.07 Å². The third-order valence-corrected chi connectivity index (χ3v) is 4.52. The van der Waals surface area contributed by atoms with Gasteiger partial charge in [0.2, 0.25) is 0 Å². The molecule has 0 saturated heterocycles. The normalized spacial score (nSPS) is 13.5. The summed E-state index contributed by atoms with van der Waals surface area (Å²) in [5, 5.41) is 18.6. The van der Waals surface area contributed by atoms with Crippen LogP contribution in [0.1, 0.15) is 13.8 Å². The number of carboxylic acids is 1. The van der Waals surface area contributed by atoms with Crippen LogP contribution in [0.25, 0.3) is 11.1 Å². The maximum absolute atomic E-state index is 14.6.